The van der Waals surface area contributed by atoms with Gasteiger partial charge < -0.3 is 0 Å². The van der Waals surface area contributed by atoms with Crippen molar-refractivity contribution < 1.29 is 0 Å². The summed E-state index contributed by atoms with van der Waals surface area (Å²) >= 11 is 0. The van der Waals surface area contributed by atoms with Crippen molar-refractivity contribution in [2.75, 3.05) is 0 Å². The van der Waals surface area contributed by atoms with Crippen LogP contribution in [0.1, 0.15) is 45.2 Å². The molecule has 1 saturated carbocycles. The molecule has 0 spiro atoms. The van der Waals surface area contributed by atoms with E-state index in [4.69, 9.17) is 5.10 Å². The number of benzene rings is 1. The quantitative estimate of drug-likeness (QED) is 0.840. The summed E-state index contributed by atoms with van der Waals surface area (Å²) in [6, 6.07) is 11.0. The Balaban J connectivity index is 1.99. The van der Waals surface area contributed by atoms with E-state index in [0.29, 0.717) is 5.92 Å². The second-order valence-electron chi connectivity index (χ2n) is 6.55. The molecule has 21 heavy (non-hydrogen) atoms. The van der Waals surface area contributed by atoms with Gasteiger partial charge in [-0.25, -0.2) is 0 Å². The third-order valence-corrected chi connectivity index (χ3v) is 4.87. The van der Waals surface area contributed by atoms with Gasteiger partial charge in [-0.2, -0.15) is 10.4 Å². The normalized spacial score (nSPS) is 25.9. The number of rotatable bonds is 3. The third kappa shape index (κ3) is 2.55. The second-order valence-corrected chi connectivity index (χ2v) is 6.55. The minimum Gasteiger partial charge on any atom is -0.265 e. The van der Waals surface area contributed by atoms with Crippen molar-refractivity contribution in [3.05, 3.63) is 30.0 Å². The number of hydrogen-bond donors (Lipinski definition) is 0. The Labute approximate surface area is 126 Å². The lowest BCUT2D eigenvalue weighted by atomic mass is 9.68. The van der Waals surface area contributed by atoms with Crippen molar-refractivity contribution in [1.29, 1.82) is 5.26 Å². The Kier molecular flexibility index (Phi) is 3.71. The highest BCUT2D eigenvalue weighted by Crippen LogP contribution is 2.42. The molecule has 1 fully saturated rings. The van der Waals surface area contributed by atoms with Gasteiger partial charge in [0.25, 0.3) is 0 Å². The molecule has 110 valence electrons. The van der Waals surface area contributed by atoms with Crippen LogP contribution >= 0.6 is 0 Å². The van der Waals surface area contributed by atoms with Crippen molar-refractivity contribution in [2.45, 2.75) is 52.5 Å². The monoisotopic (exact) mass is 281 g/mol. The lowest BCUT2D eigenvalue weighted by molar-refractivity contribution is 0.208. The molecular weight excluding hydrogens is 258 g/mol. The summed E-state index contributed by atoms with van der Waals surface area (Å²) in [7, 11) is 0. The number of para-hydroxylation sites is 1. The van der Waals surface area contributed by atoms with Crippen LogP contribution in [0.15, 0.2) is 24.3 Å². The zero-order valence-corrected chi connectivity index (χ0v) is 13.0. The SMILES string of the molecule is CCn1nc(CC2(C#N)CCCC(C)C2)c2ccccc21. The van der Waals surface area contributed by atoms with Crippen LogP contribution in [-0.4, -0.2) is 9.78 Å². The summed E-state index contributed by atoms with van der Waals surface area (Å²) < 4.78 is 2.06. The lowest BCUT2D eigenvalue weighted by Crippen LogP contribution is -2.28. The maximum atomic E-state index is 9.77. The standard InChI is InChI=1S/C18H23N3/c1-3-21-17-9-5-4-8-15(17)16(20-21)12-18(13-19)10-6-7-14(2)11-18/h4-5,8-9,14H,3,6-7,10-12H2,1-2H3. The molecule has 0 radical (unpaired) electrons. The fourth-order valence-electron chi connectivity index (χ4n) is 3.85. The van der Waals surface area contributed by atoms with Crippen molar-refractivity contribution in [3.63, 3.8) is 0 Å². The van der Waals surface area contributed by atoms with E-state index in [9.17, 15) is 5.26 Å². The van der Waals surface area contributed by atoms with Gasteiger partial charge >= 0.3 is 0 Å². The molecule has 2 atom stereocenters. The molecule has 1 heterocycles. The first kappa shape index (κ1) is 14.1. The number of nitriles is 1. The van der Waals surface area contributed by atoms with E-state index in [0.717, 1.165) is 31.5 Å². The topological polar surface area (TPSA) is 41.6 Å². The van der Waals surface area contributed by atoms with Crippen LogP contribution in [0.4, 0.5) is 0 Å². The number of hydrogen-bond acceptors (Lipinski definition) is 2. The van der Waals surface area contributed by atoms with Crippen molar-refractivity contribution in [2.24, 2.45) is 11.3 Å². The van der Waals surface area contributed by atoms with Crippen LogP contribution < -0.4 is 0 Å². The van der Waals surface area contributed by atoms with Crippen molar-refractivity contribution in [3.8, 4) is 6.07 Å². The minimum atomic E-state index is -0.215. The summed E-state index contributed by atoms with van der Waals surface area (Å²) in [5.41, 5.74) is 2.07. The first-order valence-electron chi connectivity index (χ1n) is 8.03. The van der Waals surface area contributed by atoms with E-state index in [1.165, 1.54) is 23.7 Å². The Bertz CT molecular complexity index is 679. The predicted molar refractivity (Wildman–Crippen MR) is 84.8 cm³/mol. The number of fused-ring (bicyclic) bond motifs is 1. The highest BCUT2D eigenvalue weighted by molar-refractivity contribution is 5.82. The van der Waals surface area contributed by atoms with E-state index >= 15 is 0 Å². The van der Waals surface area contributed by atoms with Crippen molar-refractivity contribution >= 4 is 10.9 Å². The third-order valence-electron chi connectivity index (χ3n) is 4.87. The fourth-order valence-corrected chi connectivity index (χ4v) is 3.85. The summed E-state index contributed by atoms with van der Waals surface area (Å²) in [6.45, 7) is 5.26. The Morgan fingerprint density at radius 2 is 2.24 bits per heavy atom. The molecule has 2 aromatic rings. The first-order chi connectivity index (χ1) is 10.2. The molecule has 0 saturated heterocycles. The molecule has 2 unspecified atom stereocenters. The van der Waals surface area contributed by atoms with Gasteiger partial charge in [-0.05, 0) is 31.7 Å². The van der Waals surface area contributed by atoms with Gasteiger partial charge in [0.15, 0.2) is 0 Å². The van der Waals surface area contributed by atoms with Gasteiger partial charge in [0.2, 0.25) is 0 Å². The molecule has 3 nitrogen and oxygen atoms in total. The summed E-state index contributed by atoms with van der Waals surface area (Å²) in [6.07, 6.45) is 5.24. The van der Waals surface area contributed by atoms with E-state index in [2.05, 4.69) is 48.9 Å². The lowest BCUT2D eigenvalue weighted by Gasteiger charge is -2.33. The largest absolute Gasteiger partial charge is 0.265 e. The zero-order chi connectivity index (χ0) is 14.9. The smallest absolute Gasteiger partial charge is 0.0719 e. The fraction of sp³-hybridized carbons (Fsp3) is 0.556. The molecule has 1 aliphatic rings. The predicted octanol–water partition coefficient (Wildman–Crippen LogP) is 4.32. The van der Waals surface area contributed by atoms with Crippen molar-refractivity contribution in [1.82, 2.24) is 9.78 Å². The van der Waals surface area contributed by atoms with Crippen LogP contribution in [0, 0.1) is 22.7 Å². The Morgan fingerprint density at radius 1 is 1.43 bits per heavy atom. The zero-order valence-electron chi connectivity index (χ0n) is 13.0. The maximum Gasteiger partial charge on any atom is 0.0719 e. The van der Waals surface area contributed by atoms with Crippen LogP contribution in [0.3, 0.4) is 0 Å². The molecule has 1 aliphatic carbocycles. The molecule has 0 bridgehead atoms. The van der Waals surface area contributed by atoms with E-state index in [1.807, 2.05) is 0 Å². The maximum absolute atomic E-state index is 9.77. The van der Waals surface area contributed by atoms with Gasteiger partial charge in [-0.3, -0.25) is 4.68 Å². The molecule has 0 amide bonds. The van der Waals surface area contributed by atoms with Crippen LogP contribution in [0.2, 0.25) is 0 Å². The first-order valence-corrected chi connectivity index (χ1v) is 8.03. The van der Waals surface area contributed by atoms with Gasteiger partial charge in [-0.1, -0.05) is 38.0 Å². The van der Waals surface area contributed by atoms with Gasteiger partial charge in [0, 0.05) is 18.4 Å². The highest BCUT2D eigenvalue weighted by atomic mass is 15.3. The molecular formula is C18H23N3. The van der Waals surface area contributed by atoms with Crippen LogP contribution in [-0.2, 0) is 13.0 Å². The average Bonchev–Trinajstić information content (AvgIpc) is 2.85. The average molecular weight is 281 g/mol. The number of aromatic nitrogens is 2. The van der Waals surface area contributed by atoms with E-state index in [-0.39, 0.29) is 5.41 Å². The molecule has 0 N–H and O–H groups in total. The van der Waals surface area contributed by atoms with E-state index < -0.39 is 0 Å². The van der Waals surface area contributed by atoms with Crippen LogP contribution in [0.25, 0.3) is 10.9 Å². The molecule has 3 rings (SSSR count). The molecule has 1 aromatic heterocycles. The number of nitrogens with zero attached hydrogens (tertiary/aromatic N) is 3. The highest BCUT2D eigenvalue weighted by Gasteiger charge is 2.36. The summed E-state index contributed by atoms with van der Waals surface area (Å²) in [5.74, 6) is 0.651. The van der Waals surface area contributed by atoms with E-state index in [1.54, 1.807) is 0 Å². The summed E-state index contributed by atoms with van der Waals surface area (Å²) in [5, 5.41) is 15.8. The number of aryl methyl sites for hydroxylation is 1. The Hall–Kier alpha value is -1.82. The van der Waals surface area contributed by atoms with Gasteiger partial charge in [0.05, 0.1) is 22.7 Å². The Morgan fingerprint density at radius 3 is 2.95 bits per heavy atom. The van der Waals surface area contributed by atoms with Crippen LogP contribution in [0.5, 0.6) is 0 Å². The molecule has 1 aromatic carbocycles. The minimum absolute atomic E-state index is 0.215. The summed E-state index contributed by atoms with van der Waals surface area (Å²) in [4.78, 5) is 0. The molecule has 3 heteroatoms. The second kappa shape index (κ2) is 5.52. The van der Waals surface area contributed by atoms with Gasteiger partial charge in [-0.15, -0.1) is 0 Å². The molecule has 0 aliphatic heterocycles. The van der Waals surface area contributed by atoms with Gasteiger partial charge in [0.1, 0.15) is 0 Å².